The maximum Gasteiger partial charge on any atom is 0.265 e. The molecule has 1 aliphatic heterocycles. The Kier molecular flexibility index (Phi) is 4.44. The third-order valence-electron chi connectivity index (χ3n) is 4.12. The Morgan fingerprint density at radius 1 is 1.30 bits per heavy atom. The summed E-state index contributed by atoms with van der Waals surface area (Å²) < 4.78 is 35.1. The van der Waals surface area contributed by atoms with Gasteiger partial charge in [-0.05, 0) is 29.6 Å². The first-order chi connectivity index (χ1) is 13.0. The van der Waals surface area contributed by atoms with Gasteiger partial charge < -0.3 is 9.26 Å². The van der Waals surface area contributed by atoms with Crippen LogP contribution in [0.4, 0.5) is 5.69 Å². The van der Waals surface area contributed by atoms with Crippen LogP contribution in [0.2, 0.25) is 0 Å². The summed E-state index contributed by atoms with van der Waals surface area (Å²) in [5, 5.41) is 5.84. The van der Waals surface area contributed by atoms with Gasteiger partial charge in [-0.15, -0.1) is 11.3 Å². The average Bonchev–Trinajstić information content (AvgIpc) is 3.35. The van der Waals surface area contributed by atoms with E-state index in [1.165, 1.54) is 28.4 Å². The fourth-order valence-electron chi connectivity index (χ4n) is 2.68. The number of carbonyl (C=O) groups is 1. The molecule has 0 saturated heterocycles. The maximum absolute atomic E-state index is 12.4. The average molecular weight is 405 g/mol. The molecule has 140 valence electrons. The molecule has 0 N–H and O–H groups in total. The van der Waals surface area contributed by atoms with E-state index in [0.717, 1.165) is 4.88 Å². The Morgan fingerprint density at radius 2 is 2.15 bits per heavy atom. The van der Waals surface area contributed by atoms with Gasteiger partial charge in [-0.1, -0.05) is 18.1 Å². The Morgan fingerprint density at radius 3 is 2.89 bits per heavy atom. The van der Waals surface area contributed by atoms with E-state index in [4.69, 9.17) is 9.26 Å². The zero-order valence-electron chi connectivity index (χ0n) is 14.3. The van der Waals surface area contributed by atoms with Crippen LogP contribution >= 0.6 is 11.3 Å². The molecule has 3 aromatic rings. The molecule has 0 unspecified atom stereocenters. The fourth-order valence-corrected chi connectivity index (χ4v) is 4.22. The number of hydrogen-bond acceptors (Lipinski definition) is 8. The highest BCUT2D eigenvalue weighted by molar-refractivity contribution is 7.91. The maximum atomic E-state index is 12.4. The first-order valence-corrected chi connectivity index (χ1v) is 10.7. The Bertz CT molecular complexity index is 1090. The summed E-state index contributed by atoms with van der Waals surface area (Å²) in [6.07, 6.45) is 0. The predicted molar refractivity (Wildman–Crippen MR) is 98.5 cm³/mol. The van der Waals surface area contributed by atoms with Crippen molar-refractivity contribution in [2.45, 2.75) is 18.4 Å². The van der Waals surface area contributed by atoms with Gasteiger partial charge in [0, 0.05) is 0 Å². The third kappa shape index (κ3) is 3.33. The van der Waals surface area contributed by atoms with Crippen LogP contribution in [0.5, 0.6) is 5.75 Å². The number of sulfone groups is 1. The lowest BCUT2D eigenvalue weighted by Crippen LogP contribution is -2.38. The Labute approximate surface area is 159 Å². The van der Waals surface area contributed by atoms with Crippen LogP contribution in [0.15, 0.2) is 45.1 Å². The number of ether oxygens (including phenoxy) is 1. The van der Waals surface area contributed by atoms with E-state index in [-0.39, 0.29) is 35.6 Å². The van der Waals surface area contributed by atoms with Crippen LogP contribution in [0.3, 0.4) is 0 Å². The molecule has 0 fully saturated rings. The quantitative estimate of drug-likeness (QED) is 0.642. The SMILES string of the molecule is CCS(=O)(=O)c1ccc2c(c1)N(Cc1nc(-c3cccs3)no1)C(=O)CO2. The van der Waals surface area contributed by atoms with E-state index >= 15 is 0 Å². The molecule has 27 heavy (non-hydrogen) atoms. The number of aromatic nitrogens is 2. The van der Waals surface area contributed by atoms with Gasteiger partial charge in [0.1, 0.15) is 12.3 Å². The van der Waals surface area contributed by atoms with Gasteiger partial charge in [-0.2, -0.15) is 4.98 Å². The molecule has 1 aliphatic rings. The molecule has 1 amide bonds. The molecule has 2 aromatic heterocycles. The van der Waals surface area contributed by atoms with Gasteiger partial charge in [0.2, 0.25) is 11.7 Å². The molecule has 0 spiro atoms. The minimum atomic E-state index is -3.41. The monoisotopic (exact) mass is 405 g/mol. The summed E-state index contributed by atoms with van der Waals surface area (Å²) in [4.78, 5) is 19.1. The number of rotatable bonds is 5. The molecule has 0 saturated carbocycles. The van der Waals surface area contributed by atoms with Crippen LogP contribution < -0.4 is 9.64 Å². The van der Waals surface area contributed by atoms with Gasteiger partial charge in [0.05, 0.1) is 21.2 Å². The molecule has 0 atom stereocenters. The Hall–Kier alpha value is -2.72. The summed E-state index contributed by atoms with van der Waals surface area (Å²) in [6.45, 7) is 1.46. The topological polar surface area (TPSA) is 103 Å². The van der Waals surface area contributed by atoms with Gasteiger partial charge >= 0.3 is 0 Å². The van der Waals surface area contributed by atoms with Crippen molar-refractivity contribution in [1.82, 2.24) is 10.1 Å². The molecule has 4 rings (SSSR count). The second-order valence-electron chi connectivity index (χ2n) is 5.79. The van der Waals surface area contributed by atoms with Gasteiger partial charge in [0.15, 0.2) is 16.4 Å². The van der Waals surface area contributed by atoms with E-state index in [1.54, 1.807) is 13.0 Å². The molecule has 0 aliphatic carbocycles. The summed E-state index contributed by atoms with van der Waals surface area (Å²) in [5.74, 6) is 0.785. The Balaban J connectivity index is 1.68. The first-order valence-electron chi connectivity index (χ1n) is 8.14. The van der Waals surface area contributed by atoms with E-state index < -0.39 is 9.84 Å². The lowest BCUT2D eigenvalue weighted by atomic mass is 10.2. The van der Waals surface area contributed by atoms with E-state index in [9.17, 15) is 13.2 Å². The van der Waals surface area contributed by atoms with Crippen molar-refractivity contribution in [2.75, 3.05) is 17.3 Å². The van der Waals surface area contributed by atoms with Crippen molar-refractivity contribution in [1.29, 1.82) is 0 Å². The second kappa shape index (κ2) is 6.78. The molecule has 3 heterocycles. The minimum absolute atomic E-state index is 0.0309. The summed E-state index contributed by atoms with van der Waals surface area (Å²) >= 11 is 1.48. The van der Waals surface area contributed by atoms with Gasteiger partial charge in [-0.25, -0.2) is 8.42 Å². The highest BCUT2D eigenvalue weighted by Gasteiger charge is 2.29. The fraction of sp³-hybridized carbons (Fsp3) is 0.235. The summed E-state index contributed by atoms with van der Waals surface area (Å²) in [5.41, 5.74) is 0.372. The van der Waals surface area contributed by atoms with Crippen LogP contribution in [0.1, 0.15) is 12.8 Å². The molecule has 0 bridgehead atoms. The minimum Gasteiger partial charge on any atom is -0.482 e. The van der Waals surface area contributed by atoms with E-state index in [0.29, 0.717) is 17.3 Å². The lowest BCUT2D eigenvalue weighted by Gasteiger charge is -2.28. The number of hydrogen-bond donors (Lipinski definition) is 0. The summed E-state index contributed by atoms with van der Waals surface area (Å²) in [7, 11) is -3.41. The molecular formula is C17H15N3O5S2. The number of anilines is 1. The molecule has 10 heteroatoms. The van der Waals surface area contributed by atoms with Crippen LogP contribution in [-0.4, -0.2) is 36.8 Å². The number of nitrogens with zero attached hydrogens (tertiary/aromatic N) is 3. The molecule has 8 nitrogen and oxygen atoms in total. The lowest BCUT2D eigenvalue weighted by molar-refractivity contribution is -0.121. The van der Waals surface area contributed by atoms with Gasteiger partial charge in [-0.3, -0.25) is 9.69 Å². The number of fused-ring (bicyclic) bond motifs is 1. The van der Waals surface area contributed by atoms with Crippen molar-refractivity contribution in [2.24, 2.45) is 0 Å². The van der Waals surface area contributed by atoms with E-state index in [1.807, 2.05) is 17.5 Å². The first kappa shape index (κ1) is 17.7. The third-order valence-corrected chi connectivity index (χ3v) is 6.71. The van der Waals surface area contributed by atoms with Crippen LogP contribution in [0, 0.1) is 0 Å². The molecule has 0 radical (unpaired) electrons. The van der Waals surface area contributed by atoms with E-state index in [2.05, 4.69) is 10.1 Å². The predicted octanol–water partition coefficient (Wildman–Crippen LogP) is 2.52. The van der Waals surface area contributed by atoms with Crippen molar-refractivity contribution in [3.63, 3.8) is 0 Å². The highest BCUT2D eigenvalue weighted by atomic mass is 32.2. The number of thiophene rings is 1. The van der Waals surface area contributed by atoms with Crippen LogP contribution in [-0.2, 0) is 21.2 Å². The van der Waals surface area contributed by atoms with Crippen molar-refractivity contribution >= 4 is 32.8 Å². The smallest absolute Gasteiger partial charge is 0.265 e. The second-order valence-corrected chi connectivity index (χ2v) is 9.02. The normalized spacial score (nSPS) is 14.1. The van der Waals surface area contributed by atoms with Crippen molar-refractivity contribution in [3.05, 3.63) is 41.6 Å². The molecular weight excluding hydrogens is 390 g/mol. The number of amides is 1. The van der Waals surface area contributed by atoms with Crippen molar-refractivity contribution in [3.8, 4) is 16.5 Å². The largest absolute Gasteiger partial charge is 0.482 e. The zero-order chi connectivity index (χ0) is 19.0. The van der Waals surface area contributed by atoms with Gasteiger partial charge in [0.25, 0.3) is 5.91 Å². The number of benzene rings is 1. The summed E-state index contributed by atoms with van der Waals surface area (Å²) in [6, 6.07) is 8.24. The molecule has 1 aromatic carbocycles. The standard InChI is InChI=1S/C17H15N3O5S2/c1-2-27(22,23)11-5-6-13-12(8-11)20(16(21)10-24-13)9-15-18-17(19-25-15)14-4-3-7-26-14/h3-8H,2,9-10H2,1H3. The zero-order valence-corrected chi connectivity index (χ0v) is 15.9. The highest BCUT2D eigenvalue weighted by Crippen LogP contribution is 2.35. The van der Waals surface area contributed by atoms with Crippen molar-refractivity contribution < 1.29 is 22.5 Å². The van der Waals surface area contributed by atoms with Crippen LogP contribution in [0.25, 0.3) is 10.7 Å². The number of carbonyl (C=O) groups excluding carboxylic acids is 1.